The minimum Gasteiger partial charge on any atom is -0.623 e. The number of hydrogen-bond acceptors (Lipinski definition) is 2. The van der Waals surface area contributed by atoms with Gasteiger partial charge in [-0.2, -0.15) is 4.74 Å². The first kappa shape index (κ1) is 10.7. The molecule has 2 aromatic rings. The van der Waals surface area contributed by atoms with Crippen LogP contribution in [0.1, 0.15) is 17.2 Å². The molecule has 0 saturated carbocycles. The molecule has 0 spiro atoms. The lowest BCUT2D eigenvalue weighted by molar-refractivity contribution is -0.489. The fourth-order valence-electron chi connectivity index (χ4n) is 2.20. The van der Waals surface area contributed by atoms with E-state index in [1.807, 2.05) is 54.6 Å². The molecule has 2 aromatic carbocycles. The molecular weight excluding hydrogens is 224 g/mol. The highest BCUT2D eigenvalue weighted by molar-refractivity contribution is 6.14. The topological polar surface area (TPSA) is 38.4 Å². The molecule has 3 nitrogen and oxygen atoms in total. The highest BCUT2D eigenvalue weighted by Gasteiger charge is 2.25. The number of nitrogens with zero attached hydrogens (tertiary/aromatic N) is 2. The first-order valence-electron chi connectivity index (χ1n) is 5.83. The van der Waals surface area contributed by atoms with Crippen LogP contribution in [0.25, 0.3) is 0 Å². The number of para-hydroxylation sites is 1. The van der Waals surface area contributed by atoms with E-state index in [1.54, 1.807) is 6.21 Å². The number of aliphatic imine (C=N–C) groups is 1. The number of hydroxylamine groups is 1. The van der Waals surface area contributed by atoms with Crippen molar-refractivity contribution in [1.82, 2.24) is 0 Å². The lowest BCUT2D eigenvalue weighted by atomic mass is 9.98. The molecule has 0 fully saturated rings. The molecule has 18 heavy (non-hydrogen) atoms. The molecule has 88 valence electrons. The van der Waals surface area contributed by atoms with Gasteiger partial charge < -0.3 is 5.21 Å². The number of rotatable bonds is 1. The molecule has 0 aliphatic carbocycles. The predicted octanol–water partition coefficient (Wildman–Crippen LogP) is 3.07. The summed E-state index contributed by atoms with van der Waals surface area (Å²) in [5.74, 6) is 0. The van der Waals surface area contributed by atoms with Gasteiger partial charge in [0.1, 0.15) is 0 Å². The van der Waals surface area contributed by atoms with Crippen molar-refractivity contribution in [2.45, 2.75) is 6.04 Å². The molecular formula is C15H12N2O. The number of benzene rings is 2. The Labute approximate surface area is 105 Å². The van der Waals surface area contributed by atoms with Crippen LogP contribution in [0.3, 0.4) is 0 Å². The summed E-state index contributed by atoms with van der Waals surface area (Å²) in [6, 6.07) is 17.2. The molecule has 0 radical (unpaired) electrons. The summed E-state index contributed by atoms with van der Waals surface area (Å²) >= 11 is 0. The van der Waals surface area contributed by atoms with Gasteiger partial charge in [0.25, 0.3) is 0 Å². The summed E-state index contributed by atoms with van der Waals surface area (Å²) in [4.78, 5) is 4.29. The van der Waals surface area contributed by atoms with Gasteiger partial charge in [-0.3, -0.25) is 4.99 Å². The maximum Gasteiger partial charge on any atom is 0.216 e. The molecule has 0 aromatic heterocycles. The van der Waals surface area contributed by atoms with Crippen molar-refractivity contribution in [3.05, 3.63) is 70.9 Å². The summed E-state index contributed by atoms with van der Waals surface area (Å²) < 4.78 is 0.949. The maximum atomic E-state index is 12.1. The highest BCUT2D eigenvalue weighted by Crippen LogP contribution is 2.33. The van der Waals surface area contributed by atoms with E-state index in [0.29, 0.717) is 0 Å². The van der Waals surface area contributed by atoms with Crippen molar-refractivity contribution in [2.75, 3.05) is 0 Å². The summed E-state index contributed by atoms with van der Waals surface area (Å²) in [7, 11) is 0. The average Bonchev–Trinajstić information content (AvgIpc) is 2.58. The standard InChI is InChI=1S/C15H12N2O/c18-17-11-10-16-14-9-5-4-8-13(14)15(17)12-6-2-1-3-7-12/h1-11,15H. The fourth-order valence-corrected chi connectivity index (χ4v) is 2.20. The van der Waals surface area contributed by atoms with Gasteiger partial charge in [-0.1, -0.05) is 42.5 Å². The van der Waals surface area contributed by atoms with E-state index >= 15 is 0 Å². The van der Waals surface area contributed by atoms with E-state index in [4.69, 9.17) is 0 Å². The summed E-state index contributed by atoms with van der Waals surface area (Å²) in [6.45, 7) is 0. The number of fused-ring (bicyclic) bond motifs is 1. The van der Waals surface area contributed by atoms with Gasteiger partial charge in [-0.15, -0.1) is 0 Å². The Kier molecular flexibility index (Phi) is 2.65. The molecule has 3 heteroatoms. The van der Waals surface area contributed by atoms with Crippen LogP contribution in [0, 0.1) is 5.21 Å². The van der Waals surface area contributed by atoms with Gasteiger partial charge in [0.2, 0.25) is 6.04 Å². The van der Waals surface area contributed by atoms with Crippen molar-refractivity contribution >= 4 is 18.1 Å². The zero-order valence-corrected chi connectivity index (χ0v) is 9.73. The second-order valence-electron chi connectivity index (χ2n) is 4.16. The van der Waals surface area contributed by atoms with Gasteiger partial charge in [0.05, 0.1) is 17.5 Å². The van der Waals surface area contributed by atoms with E-state index in [9.17, 15) is 5.21 Å². The van der Waals surface area contributed by atoms with Crippen molar-refractivity contribution in [1.29, 1.82) is 0 Å². The highest BCUT2D eigenvalue weighted by atomic mass is 16.5. The van der Waals surface area contributed by atoms with Gasteiger partial charge in [0.15, 0.2) is 6.21 Å². The Morgan fingerprint density at radius 1 is 0.944 bits per heavy atom. The molecule has 0 saturated heterocycles. The molecule has 1 heterocycles. The molecule has 1 atom stereocenters. The van der Waals surface area contributed by atoms with Gasteiger partial charge in [-0.05, 0) is 12.1 Å². The zero-order chi connectivity index (χ0) is 12.4. The number of hydrogen-bond donors (Lipinski definition) is 0. The van der Waals surface area contributed by atoms with Crippen LogP contribution < -0.4 is 0 Å². The van der Waals surface area contributed by atoms with Crippen LogP contribution in [-0.4, -0.2) is 17.2 Å². The van der Waals surface area contributed by atoms with E-state index in [0.717, 1.165) is 21.6 Å². The molecule has 0 N–H and O–H groups in total. The third kappa shape index (κ3) is 1.80. The molecule has 1 aliphatic rings. The van der Waals surface area contributed by atoms with Crippen LogP contribution in [-0.2, 0) is 0 Å². The van der Waals surface area contributed by atoms with Crippen LogP contribution in [0.4, 0.5) is 5.69 Å². The Hall–Kier alpha value is -2.42. The minimum absolute atomic E-state index is 0.329. The minimum atomic E-state index is -0.329. The van der Waals surface area contributed by atoms with Crippen molar-refractivity contribution in [2.24, 2.45) is 4.99 Å². The largest absolute Gasteiger partial charge is 0.623 e. The van der Waals surface area contributed by atoms with Crippen molar-refractivity contribution in [3.63, 3.8) is 0 Å². The molecule has 1 aliphatic heterocycles. The normalized spacial score (nSPS) is 17.8. The van der Waals surface area contributed by atoms with Crippen LogP contribution >= 0.6 is 0 Å². The lowest BCUT2D eigenvalue weighted by Crippen LogP contribution is -2.15. The van der Waals surface area contributed by atoms with Crippen LogP contribution in [0.2, 0.25) is 0 Å². The van der Waals surface area contributed by atoms with Gasteiger partial charge in [-0.25, -0.2) is 0 Å². The maximum absolute atomic E-state index is 12.1. The van der Waals surface area contributed by atoms with E-state index < -0.39 is 0 Å². The predicted molar refractivity (Wildman–Crippen MR) is 72.6 cm³/mol. The Morgan fingerprint density at radius 2 is 1.67 bits per heavy atom. The first-order chi connectivity index (χ1) is 8.86. The summed E-state index contributed by atoms with van der Waals surface area (Å²) in [5, 5.41) is 12.1. The van der Waals surface area contributed by atoms with Crippen molar-refractivity contribution in [3.8, 4) is 0 Å². The quantitative estimate of drug-likeness (QED) is 0.554. The second-order valence-corrected chi connectivity index (χ2v) is 4.16. The zero-order valence-electron chi connectivity index (χ0n) is 9.73. The van der Waals surface area contributed by atoms with Gasteiger partial charge in [0, 0.05) is 5.56 Å². The van der Waals surface area contributed by atoms with Crippen LogP contribution in [0.15, 0.2) is 59.6 Å². The molecule has 0 bridgehead atoms. The van der Waals surface area contributed by atoms with E-state index in [1.165, 1.54) is 6.21 Å². The Bertz CT molecular complexity index is 617. The summed E-state index contributed by atoms with van der Waals surface area (Å²) in [6.07, 6.45) is 3.02. The molecule has 1 unspecified atom stereocenters. The molecule has 0 amide bonds. The van der Waals surface area contributed by atoms with Gasteiger partial charge >= 0.3 is 0 Å². The van der Waals surface area contributed by atoms with E-state index in [2.05, 4.69) is 4.99 Å². The average molecular weight is 236 g/mol. The second kappa shape index (κ2) is 4.45. The molecule has 3 rings (SSSR count). The fraction of sp³-hybridized carbons (Fsp3) is 0.0667. The smallest absolute Gasteiger partial charge is 0.216 e. The Balaban J connectivity index is 2.19. The third-order valence-electron chi connectivity index (χ3n) is 3.03. The first-order valence-corrected chi connectivity index (χ1v) is 5.83. The lowest BCUT2D eigenvalue weighted by Gasteiger charge is -2.17. The SMILES string of the molecule is [O-][N+]1=CC=Nc2ccccc2C1c1ccccc1. The third-order valence-corrected chi connectivity index (χ3v) is 3.03. The van der Waals surface area contributed by atoms with Crippen molar-refractivity contribution < 1.29 is 4.74 Å². The van der Waals surface area contributed by atoms with E-state index in [-0.39, 0.29) is 6.04 Å². The summed E-state index contributed by atoms with van der Waals surface area (Å²) in [5.41, 5.74) is 2.76. The van der Waals surface area contributed by atoms with Crippen LogP contribution in [0.5, 0.6) is 0 Å². The Morgan fingerprint density at radius 3 is 2.50 bits per heavy atom. The monoisotopic (exact) mass is 236 g/mol.